The van der Waals surface area contributed by atoms with Gasteiger partial charge in [0.25, 0.3) is 5.91 Å². The van der Waals surface area contributed by atoms with Crippen LogP contribution in [0.5, 0.6) is 5.75 Å². The molecule has 0 spiro atoms. The molecule has 8 nitrogen and oxygen atoms in total. The summed E-state index contributed by atoms with van der Waals surface area (Å²) in [5, 5.41) is 8.61. The smallest absolute Gasteiger partial charge is 0.259 e. The maximum Gasteiger partial charge on any atom is 0.259 e. The number of nitrogens with one attached hydrogen (secondary N) is 1. The van der Waals surface area contributed by atoms with Crippen LogP contribution >= 0.6 is 0 Å². The summed E-state index contributed by atoms with van der Waals surface area (Å²) < 4.78 is 5.28. The van der Waals surface area contributed by atoms with E-state index < -0.39 is 5.91 Å². The molecular weight excluding hydrogens is 418 g/mol. The number of aromatic nitrogens is 1. The lowest BCUT2D eigenvalue weighted by atomic mass is 10.1. The number of hydrazone groups is 1. The van der Waals surface area contributed by atoms with E-state index in [2.05, 4.69) is 21.3 Å². The van der Waals surface area contributed by atoms with Crippen LogP contribution < -0.4 is 15.0 Å². The van der Waals surface area contributed by atoms with Crippen LogP contribution in [0.2, 0.25) is 0 Å². The quantitative estimate of drug-likeness (QED) is 0.250. The minimum absolute atomic E-state index is 0.238. The number of hydrogen-bond acceptors (Lipinski definition) is 6. The molecule has 0 saturated carbocycles. The molecular formula is C25H23N5O3. The predicted molar refractivity (Wildman–Crippen MR) is 129 cm³/mol. The highest BCUT2D eigenvalue weighted by molar-refractivity contribution is 6.10. The Morgan fingerprint density at radius 2 is 1.91 bits per heavy atom. The number of benzene rings is 2. The number of rotatable bonds is 8. The van der Waals surface area contributed by atoms with Crippen molar-refractivity contribution in [2.45, 2.75) is 0 Å². The van der Waals surface area contributed by atoms with Crippen LogP contribution in [0.3, 0.4) is 0 Å². The molecule has 0 aliphatic carbocycles. The standard InChI is InChI=1S/C25H23N5O3/c1-5-18-8-13-24(26-15-18)28-25(32)22-14-21(33-4)11-12-23(22)30(17-31)20-9-6-19(7-10-20)16-27-29(2)3/h1,6-17H,2-4H3,(H,26,28,32). The van der Waals surface area contributed by atoms with Gasteiger partial charge in [-0.2, -0.15) is 5.10 Å². The Kier molecular flexibility index (Phi) is 7.39. The van der Waals surface area contributed by atoms with Gasteiger partial charge in [-0.15, -0.1) is 6.42 Å². The summed E-state index contributed by atoms with van der Waals surface area (Å²) in [6.07, 6.45) is 9.20. The number of terminal acetylenes is 1. The molecule has 0 aliphatic rings. The lowest BCUT2D eigenvalue weighted by molar-refractivity contribution is -0.106. The fourth-order valence-corrected chi connectivity index (χ4v) is 2.93. The average Bonchev–Trinajstić information content (AvgIpc) is 2.84. The van der Waals surface area contributed by atoms with E-state index >= 15 is 0 Å². The van der Waals surface area contributed by atoms with Crippen molar-refractivity contribution < 1.29 is 14.3 Å². The van der Waals surface area contributed by atoms with E-state index in [-0.39, 0.29) is 5.56 Å². The molecule has 166 valence electrons. The second-order valence-corrected chi connectivity index (χ2v) is 7.07. The minimum atomic E-state index is -0.452. The summed E-state index contributed by atoms with van der Waals surface area (Å²) in [5.74, 6) is 2.82. The molecule has 1 aromatic heterocycles. The van der Waals surface area contributed by atoms with Crippen LogP contribution in [0.25, 0.3) is 0 Å². The van der Waals surface area contributed by atoms with Gasteiger partial charge in [-0.25, -0.2) is 4.98 Å². The van der Waals surface area contributed by atoms with Gasteiger partial charge >= 0.3 is 0 Å². The molecule has 1 heterocycles. The molecule has 0 radical (unpaired) electrons. The molecule has 2 amide bonds. The van der Waals surface area contributed by atoms with Crippen molar-refractivity contribution in [3.05, 3.63) is 77.5 Å². The molecule has 2 aromatic carbocycles. The van der Waals surface area contributed by atoms with Gasteiger partial charge in [0.1, 0.15) is 11.6 Å². The van der Waals surface area contributed by atoms with Gasteiger partial charge in [-0.1, -0.05) is 18.1 Å². The van der Waals surface area contributed by atoms with Crippen molar-refractivity contribution in [2.75, 3.05) is 31.4 Å². The average molecular weight is 441 g/mol. The van der Waals surface area contributed by atoms with Gasteiger partial charge < -0.3 is 15.1 Å². The zero-order valence-corrected chi connectivity index (χ0v) is 18.5. The van der Waals surface area contributed by atoms with Gasteiger partial charge in [0, 0.05) is 31.5 Å². The van der Waals surface area contributed by atoms with Crippen LogP contribution in [0, 0.1) is 12.3 Å². The Morgan fingerprint density at radius 3 is 2.48 bits per heavy atom. The third-order valence-corrected chi connectivity index (χ3v) is 4.59. The third-order valence-electron chi connectivity index (χ3n) is 4.59. The number of ether oxygens (including phenoxy) is 1. The Hall–Kier alpha value is -4.64. The SMILES string of the molecule is C#Cc1ccc(NC(=O)c2cc(OC)ccc2N(C=O)c2ccc(C=NN(C)C)cc2)nc1. The van der Waals surface area contributed by atoms with Crippen molar-refractivity contribution in [2.24, 2.45) is 5.10 Å². The van der Waals surface area contributed by atoms with Gasteiger partial charge in [-0.3, -0.25) is 14.5 Å². The highest BCUT2D eigenvalue weighted by Crippen LogP contribution is 2.31. The zero-order chi connectivity index (χ0) is 23.8. The predicted octanol–water partition coefficient (Wildman–Crippen LogP) is 3.51. The lowest BCUT2D eigenvalue weighted by Crippen LogP contribution is -2.21. The molecule has 0 saturated heterocycles. The molecule has 33 heavy (non-hydrogen) atoms. The van der Waals surface area contributed by atoms with Crippen LogP contribution in [-0.2, 0) is 4.79 Å². The van der Waals surface area contributed by atoms with Crippen molar-refractivity contribution >= 4 is 35.7 Å². The van der Waals surface area contributed by atoms with E-state index in [1.165, 1.54) is 18.2 Å². The second kappa shape index (κ2) is 10.6. The molecule has 3 aromatic rings. The number of carbonyl (C=O) groups excluding carboxylic acids is 2. The zero-order valence-electron chi connectivity index (χ0n) is 18.5. The maximum absolute atomic E-state index is 13.1. The van der Waals surface area contributed by atoms with E-state index in [0.717, 1.165) is 5.56 Å². The summed E-state index contributed by atoms with van der Waals surface area (Å²) in [6, 6.07) is 15.4. The van der Waals surface area contributed by atoms with Gasteiger partial charge in [0.2, 0.25) is 6.41 Å². The van der Waals surface area contributed by atoms with Crippen LogP contribution in [0.1, 0.15) is 21.5 Å². The minimum Gasteiger partial charge on any atom is -0.497 e. The number of hydrogen-bond donors (Lipinski definition) is 1. The molecule has 8 heteroatoms. The van der Waals surface area contributed by atoms with Gasteiger partial charge in [-0.05, 0) is 48.0 Å². The summed E-state index contributed by atoms with van der Waals surface area (Å²) in [7, 11) is 5.16. The Bertz CT molecular complexity index is 1200. The number of methoxy groups -OCH3 is 1. The highest BCUT2D eigenvalue weighted by Gasteiger charge is 2.19. The Morgan fingerprint density at radius 1 is 1.15 bits per heavy atom. The van der Waals surface area contributed by atoms with Gasteiger partial charge in [0.15, 0.2) is 0 Å². The molecule has 1 N–H and O–H groups in total. The summed E-state index contributed by atoms with van der Waals surface area (Å²) in [6.45, 7) is 0. The number of nitrogens with zero attached hydrogens (tertiary/aromatic N) is 4. The first-order chi connectivity index (χ1) is 15.9. The van der Waals surface area contributed by atoms with E-state index in [4.69, 9.17) is 11.2 Å². The number of anilines is 3. The summed E-state index contributed by atoms with van der Waals surface area (Å²) in [5.41, 5.74) is 2.68. The Balaban J connectivity index is 1.94. The fourth-order valence-electron chi connectivity index (χ4n) is 2.93. The summed E-state index contributed by atoms with van der Waals surface area (Å²) >= 11 is 0. The topological polar surface area (TPSA) is 87.1 Å². The summed E-state index contributed by atoms with van der Waals surface area (Å²) in [4.78, 5) is 30.7. The molecule has 0 unspecified atom stereocenters. The number of amides is 2. The number of carbonyl (C=O) groups is 2. The van der Waals surface area contributed by atoms with Crippen molar-refractivity contribution in [1.82, 2.24) is 9.99 Å². The van der Waals surface area contributed by atoms with E-state index in [9.17, 15) is 9.59 Å². The molecule has 0 fully saturated rings. The molecule has 0 aliphatic heterocycles. The first-order valence-corrected chi connectivity index (χ1v) is 9.93. The van der Waals surface area contributed by atoms with Crippen molar-refractivity contribution in [3.63, 3.8) is 0 Å². The fraction of sp³-hybridized carbons (Fsp3) is 0.120. The lowest BCUT2D eigenvalue weighted by Gasteiger charge is -2.21. The maximum atomic E-state index is 13.1. The van der Waals surface area contributed by atoms with Crippen molar-refractivity contribution in [1.29, 1.82) is 0 Å². The van der Waals surface area contributed by atoms with Crippen LogP contribution in [-0.4, -0.2) is 49.7 Å². The van der Waals surface area contributed by atoms with E-state index in [1.54, 1.807) is 53.7 Å². The Labute approximate surface area is 192 Å². The first kappa shape index (κ1) is 23.0. The van der Waals surface area contributed by atoms with E-state index in [1.807, 2.05) is 26.2 Å². The molecule has 3 rings (SSSR count). The van der Waals surface area contributed by atoms with Crippen LogP contribution in [0.15, 0.2) is 65.9 Å². The van der Waals surface area contributed by atoms with E-state index in [0.29, 0.717) is 34.9 Å². The molecule has 0 bridgehead atoms. The normalized spacial score (nSPS) is 10.4. The molecule has 0 atom stereocenters. The largest absolute Gasteiger partial charge is 0.497 e. The second-order valence-electron chi connectivity index (χ2n) is 7.07. The highest BCUT2D eigenvalue weighted by atomic mass is 16.5. The first-order valence-electron chi connectivity index (χ1n) is 9.93. The number of pyridine rings is 1. The van der Waals surface area contributed by atoms with Gasteiger partial charge in [0.05, 0.1) is 24.6 Å². The third kappa shape index (κ3) is 5.74. The van der Waals surface area contributed by atoms with Crippen LogP contribution in [0.4, 0.5) is 17.2 Å². The van der Waals surface area contributed by atoms with Crippen molar-refractivity contribution in [3.8, 4) is 18.1 Å². The monoisotopic (exact) mass is 441 g/mol.